The van der Waals surface area contributed by atoms with Crippen LogP contribution >= 0.6 is 22.9 Å². The molecule has 0 saturated heterocycles. The lowest BCUT2D eigenvalue weighted by molar-refractivity contribution is 0.611. The molecule has 0 spiro atoms. The fourth-order valence-electron chi connectivity index (χ4n) is 2.86. The Hall–Kier alpha value is -2.32. The highest BCUT2D eigenvalue weighted by Gasteiger charge is 2.21. The van der Waals surface area contributed by atoms with Crippen LogP contribution in [0.3, 0.4) is 0 Å². The number of hydrogen-bond acceptors (Lipinski definition) is 5. The van der Waals surface area contributed by atoms with Gasteiger partial charge in [0.1, 0.15) is 11.5 Å². The van der Waals surface area contributed by atoms with E-state index >= 15 is 0 Å². The van der Waals surface area contributed by atoms with Gasteiger partial charge in [-0.05, 0) is 18.1 Å². The average molecular weight is 391 g/mol. The van der Waals surface area contributed by atoms with Crippen molar-refractivity contribution in [1.29, 1.82) is 0 Å². The standard InChI is InChI=1S/C17H16ClFN6S/c1-3-6-12-14(18)15(24(2)22-12)16-23-25-13(20-21-17(25)26-16)9-10-7-4-5-8-11(10)19/h4-5,7-8H,3,6,9H2,1-2H3. The quantitative estimate of drug-likeness (QED) is 0.518. The monoisotopic (exact) mass is 390 g/mol. The molecule has 3 heterocycles. The third-order valence-corrected chi connectivity index (χ3v) is 5.41. The van der Waals surface area contributed by atoms with Gasteiger partial charge in [0.25, 0.3) is 0 Å². The van der Waals surface area contributed by atoms with E-state index in [0.29, 0.717) is 32.8 Å². The molecule has 1 aromatic carbocycles. The van der Waals surface area contributed by atoms with Crippen molar-refractivity contribution in [2.24, 2.45) is 7.05 Å². The molecule has 0 bridgehead atoms. The molecule has 134 valence electrons. The Morgan fingerprint density at radius 2 is 2.00 bits per heavy atom. The summed E-state index contributed by atoms with van der Waals surface area (Å²) >= 11 is 7.90. The van der Waals surface area contributed by atoms with Gasteiger partial charge in [-0.25, -0.2) is 4.39 Å². The summed E-state index contributed by atoms with van der Waals surface area (Å²) in [7, 11) is 1.85. The molecule has 3 aromatic heterocycles. The summed E-state index contributed by atoms with van der Waals surface area (Å²) < 4.78 is 17.3. The van der Waals surface area contributed by atoms with Gasteiger partial charge in [-0.15, -0.1) is 10.2 Å². The van der Waals surface area contributed by atoms with Crippen molar-refractivity contribution in [2.45, 2.75) is 26.2 Å². The molecule has 0 fully saturated rings. The highest BCUT2D eigenvalue weighted by Crippen LogP contribution is 2.33. The first-order chi connectivity index (χ1) is 12.6. The molecule has 0 radical (unpaired) electrons. The smallest absolute Gasteiger partial charge is 0.235 e. The predicted octanol–water partition coefficient (Wildman–Crippen LogP) is 3.92. The van der Waals surface area contributed by atoms with Crippen molar-refractivity contribution in [3.8, 4) is 10.7 Å². The van der Waals surface area contributed by atoms with E-state index in [0.717, 1.165) is 24.2 Å². The fourth-order valence-corrected chi connectivity index (χ4v) is 4.20. The Kier molecular flexibility index (Phi) is 4.46. The van der Waals surface area contributed by atoms with Gasteiger partial charge in [-0.1, -0.05) is 54.5 Å². The van der Waals surface area contributed by atoms with Gasteiger partial charge >= 0.3 is 0 Å². The Labute approximate surface area is 158 Å². The molecular formula is C17H16ClFN6S. The zero-order chi connectivity index (χ0) is 18.3. The van der Waals surface area contributed by atoms with Crippen molar-refractivity contribution in [2.75, 3.05) is 0 Å². The van der Waals surface area contributed by atoms with Crippen LogP contribution in [0.25, 0.3) is 15.7 Å². The zero-order valence-electron chi connectivity index (χ0n) is 14.3. The summed E-state index contributed by atoms with van der Waals surface area (Å²) in [5.41, 5.74) is 2.19. The molecule has 0 aliphatic rings. The first kappa shape index (κ1) is 17.1. The van der Waals surface area contributed by atoms with Crippen LogP contribution in [0.5, 0.6) is 0 Å². The Bertz CT molecular complexity index is 1080. The largest absolute Gasteiger partial charge is 0.264 e. The van der Waals surface area contributed by atoms with E-state index in [4.69, 9.17) is 11.6 Å². The van der Waals surface area contributed by atoms with Crippen molar-refractivity contribution < 1.29 is 4.39 Å². The van der Waals surface area contributed by atoms with Crippen LogP contribution in [0, 0.1) is 5.82 Å². The minimum Gasteiger partial charge on any atom is -0.264 e. The van der Waals surface area contributed by atoms with Crippen LogP contribution in [0.15, 0.2) is 24.3 Å². The number of hydrogen-bond donors (Lipinski definition) is 0. The lowest BCUT2D eigenvalue weighted by atomic mass is 10.1. The number of fused-ring (bicyclic) bond motifs is 1. The molecule has 6 nitrogen and oxygen atoms in total. The first-order valence-electron chi connectivity index (χ1n) is 8.24. The predicted molar refractivity (Wildman–Crippen MR) is 99.1 cm³/mol. The van der Waals surface area contributed by atoms with E-state index in [1.54, 1.807) is 27.4 Å². The third-order valence-electron chi connectivity index (χ3n) is 4.11. The second-order valence-corrected chi connectivity index (χ2v) is 7.30. The number of aryl methyl sites for hydroxylation is 2. The molecule has 4 aromatic rings. The second kappa shape index (κ2) is 6.77. The van der Waals surface area contributed by atoms with Gasteiger partial charge in [0.15, 0.2) is 10.8 Å². The third kappa shape index (κ3) is 2.89. The zero-order valence-corrected chi connectivity index (χ0v) is 15.9. The van der Waals surface area contributed by atoms with Crippen molar-refractivity contribution in [3.63, 3.8) is 0 Å². The molecule has 0 aliphatic heterocycles. The first-order valence-corrected chi connectivity index (χ1v) is 9.44. The van der Waals surface area contributed by atoms with E-state index in [-0.39, 0.29) is 5.82 Å². The summed E-state index contributed by atoms with van der Waals surface area (Å²) in [6, 6.07) is 6.63. The lowest BCUT2D eigenvalue weighted by Crippen LogP contribution is -2.00. The molecule has 0 amide bonds. The number of halogens is 2. The number of rotatable bonds is 5. The van der Waals surface area contributed by atoms with Gasteiger partial charge in [0.05, 0.1) is 10.7 Å². The maximum absolute atomic E-state index is 13.9. The van der Waals surface area contributed by atoms with Gasteiger partial charge < -0.3 is 0 Å². The van der Waals surface area contributed by atoms with Crippen LogP contribution < -0.4 is 0 Å². The topological polar surface area (TPSA) is 60.9 Å². The van der Waals surface area contributed by atoms with E-state index < -0.39 is 0 Å². The molecule has 26 heavy (non-hydrogen) atoms. The maximum atomic E-state index is 13.9. The van der Waals surface area contributed by atoms with Crippen molar-refractivity contribution >= 4 is 27.9 Å². The van der Waals surface area contributed by atoms with Crippen molar-refractivity contribution in [3.05, 3.63) is 52.2 Å². The van der Waals surface area contributed by atoms with Gasteiger partial charge in [0, 0.05) is 13.5 Å². The molecule has 0 N–H and O–H groups in total. The van der Waals surface area contributed by atoms with Crippen molar-refractivity contribution in [1.82, 2.24) is 29.6 Å². The summed E-state index contributed by atoms with van der Waals surface area (Å²) in [6.45, 7) is 2.09. The van der Waals surface area contributed by atoms with E-state index in [1.807, 2.05) is 7.05 Å². The van der Waals surface area contributed by atoms with Crippen LogP contribution in [0.4, 0.5) is 4.39 Å². The molecule has 4 rings (SSSR count). The number of aromatic nitrogens is 6. The summed E-state index contributed by atoms with van der Waals surface area (Å²) in [6.07, 6.45) is 2.10. The minimum absolute atomic E-state index is 0.265. The summed E-state index contributed by atoms with van der Waals surface area (Å²) in [4.78, 5) is 0.639. The number of benzene rings is 1. The summed E-state index contributed by atoms with van der Waals surface area (Å²) in [5, 5.41) is 18.7. The molecule has 9 heteroatoms. The van der Waals surface area contributed by atoms with Crippen LogP contribution in [-0.2, 0) is 19.9 Å². The van der Waals surface area contributed by atoms with E-state index in [9.17, 15) is 4.39 Å². The van der Waals surface area contributed by atoms with Crippen LogP contribution in [-0.4, -0.2) is 29.6 Å². The van der Waals surface area contributed by atoms with Crippen LogP contribution in [0.2, 0.25) is 5.02 Å². The normalized spacial score (nSPS) is 11.5. The second-order valence-electron chi connectivity index (χ2n) is 5.97. The minimum atomic E-state index is -0.265. The van der Waals surface area contributed by atoms with E-state index in [1.165, 1.54) is 17.4 Å². The molecule has 0 unspecified atom stereocenters. The summed E-state index contributed by atoms with van der Waals surface area (Å²) in [5.74, 6) is 0.318. The molecule has 0 aliphatic carbocycles. The maximum Gasteiger partial charge on any atom is 0.235 e. The Morgan fingerprint density at radius 3 is 2.77 bits per heavy atom. The van der Waals surface area contributed by atoms with Gasteiger partial charge in [0.2, 0.25) is 4.96 Å². The fraction of sp³-hybridized carbons (Fsp3) is 0.294. The highest BCUT2D eigenvalue weighted by molar-refractivity contribution is 7.19. The average Bonchev–Trinajstić information content (AvgIpc) is 3.25. The molecular weight excluding hydrogens is 375 g/mol. The van der Waals surface area contributed by atoms with Crippen LogP contribution in [0.1, 0.15) is 30.4 Å². The number of nitrogens with zero attached hydrogens (tertiary/aromatic N) is 6. The highest BCUT2D eigenvalue weighted by atomic mass is 35.5. The Balaban J connectivity index is 1.74. The van der Waals surface area contributed by atoms with Gasteiger partial charge in [-0.2, -0.15) is 14.7 Å². The lowest BCUT2D eigenvalue weighted by Gasteiger charge is -2.00. The Morgan fingerprint density at radius 1 is 1.19 bits per heavy atom. The van der Waals surface area contributed by atoms with E-state index in [2.05, 4.69) is 27.3 Å². The van der Waals surface area contributed by atoms with Gasteiger partial charge in [-0.3, -0.25) is 4.68 Å². The molecule has 0 atom stereocenters. The SMILES string of the molecule is CCCc1nn(C)c(-c2nn3c(Cc4ccccc4F)nnc3s2)c1Cl. The molecule has 0 saturated carbocycles.